The minimum Gasteiger partial charge on any atom is -0.465 e. The van der Waals surface area contributed by atoms with E-state index in [0.29, 0.717) is 45.5 Å². The molecule has 0 rings (SSSR count). The molecule has 0 aliphatic heterocycles. The van der Waals surface area contributed by atoms with Gasteiger partial charge in [0.25, 0.3) is 0 Å². The van der Waals surface area contributed by atoms with E-state index in [1.165, 1.54) is 77.0 Å². The summed E-state index contributed by atoms with van der Waals surface area (Å²) < 4.78 is 39.3. The fraction of sp³-hybridized carbons (Fsp3) is 0.885. The second-order valence-electron chi connectivity index (χ2n) is 17.2. The van der Waals surface area contributed by atoms with Gasteiger partial charge in [-0.2, -0.15) is 0 Å². The van der Waals surface area contributed by atoms with Crippen LogP contribution in [-0.4, -0.2) is 101 Å². The van der Waals surface area contributed by atoms with Crippen molar-refractivity contribution < 1.29 is 52.3 Å². The first-order valence-corrected chi connectivity index (χ1v) is 26.2. The van der Waals surface area contributed by atoms with Crippen LogP contribution >= 0.6 is 0 Å². The first-order chi connectivity index (χ1) is 31.3. The number of rotatable bonds is 48. The van der Waals surface area contributed by atoms with Gasteiger partial charge in [-0.05, 0) is 58.0 Å². The van der Waals surface area contributed by atoms with E-state index in [0.717, 1.165) is 90.3 Å². The Morgan fingerprint density at radius 1 is 0.438 bits per heavy atom. The summed E-state index contributed by atoms with van der Waals surface area (Å²) in [6.07, 6.45) is 31.1. The SMILES string of the molecule is CCCCCCC=CCOC(=O)CCCCCCCCCC(=O)OCC(COC(=O)CCC(OCCCCCCCC)OCCCCCCCC)COC(=O)OCCCN(CC)CC. The highest BCUT2D eigenvalue weighted by Gasteiger charge is 2.20. The Kier molecular flexibility index (Phi) is 46.2. The van der Waals surface area contributed by atoms with Gasteiger partial charge in [-0.15, -0.1) is 0 Å². The smallest absolute Gasteiger partial charge is 0.465 e. The molecule has 0 bridgehead atoms. The molecule has 1 unspecified atom stereocenters. The van der Waals surface area contributed by atoms with Gasteiger partial charge in [-0.25, -0.2) is 4.79 Å². The maximum absolute atomic E-state index is 13.0. The lowest BCUT2D eigenvalue weighted by Crippen LogP contribution is -2.28. The lowest BCUT2D eigenvalue weighted by Gasteiger charge is -2.20. The Morgan fingerprint density at radius 2 is 0.891 bits per heavy atom. The van der Waals surface area contributed by atoms with Gasteiger partial charge in [0.2, 0.25) is 0 Å². The average molecular weight is 912 g/mol. The second kappa shape index (κ2) is 48.2. The van der Waals surface area contributed by atoms with E-state index < -0.39 is 24.3 Å². The zero-order valence-corrected chi connectivity index (χ0v) is 41.8. The first-order valence-electron chi connectivity index (χ1n) is 26.2. The molecule has 0 aliphatic rings. The number of carbonyl (C=O) groups excluding carboxylic acids is 4. The van der Waals surface area contributed by atoms with E-state index in [2.05, 4.69) is 45.6 Å². The average Bonchev–Trinajstić information content (AvgIpc) is 3.29. The van der Waals surface area contributed by atoms with Crippen molar-refractivity contribution in [1.82, 2.24) is 4.90 Å². The van der Waals surface area contributed by atoms with Crippen LogP contribution in [0, 0.1) is 5.92 Å². The van der Waals surface area contributed by atoms with Crippen LogP contribution in [0.3, 0.4) is 0 Å². The molecule has 0 fully saturated rings. The van der Waals surface area contributed by atoms with Crippen LogP contribution in [0.2, 0.25) is 0 Å². The van der Waals surface area contributed by atoms with Gasteiger partial charge in [-0.3, -0.25) is 14.4 Å². The molecule has 64 heavy (non-hydrogen) atoms. The molecule has 0 aromatic carbocycles. The lowest BCUT2D eigenvalue weighted by molar-refractivity contribution is -0.161. The van der Waals surface area contributed by atoms with Crippen LogP contribution in [0.15, 0.2) is 12.2 Å². The first kappa shape index (κ1) is 61.3. The number of hydrogen-bond donors (Lipinski definition) is 0. The maximum Gasteiger partial charge on any atom is 0.508 e. The summed E-state index contributed by atoms with van der Waals surface area (Å²) in [5.41, 5.74) is 0. The highest BCUT2D eigenvalue weighted by Crippen LogP contribution is 2.14. The standard InChI is InChI=1S/C52H97NO11/c1-6-11-14-17-23-28-31-40-58-48(54)35-29-24-21-20-22-25-30-36-49(55)62-44-47(46-64-52(57)61-43-34-39-53(9-4)10-5)45-63-50(56)37-38-51(59-41-32-26-18-15-12-7-2)60-42-33-27-19-16-13-8-3/h28,31,47,51H,6-27,29-30,32-46H2,1-5H3. The summed E-state index contributed by atoms with van der Waals surface area (Å²) in [7, 11) is 0. The van der Waals surface area contributed by atoms with Crippen LogP contribution in [0.4, 0.5) is 4.79 Å². The molecular formula is C52H97NO11. The summed E-state index contributed by atoms with van der Waals surface area (Å²) in [6, 6.07) is 0. The van der Waals surface area contributed by atoms with Crippen LogP contribution in [-0.2, 0) is 47.5 Å². The Morgan fingerprint density at radius 3 is 1.42 bits per heavy atom. The summed E-state index contributed by atoms with van der Waals surface area (Å²) in [5.74, 6) is -1.44. The summed E-state index contributed by atoms with van der Waals surface area (Å²) in [4.78, 5) is 52.3. The van der Waals surface area contributed by atoms with Crippen LogP contribution < -0.4 is 0 Å². The third-order valence-electron chi connectivity index (χ3n) is 11.3. The Bertz CT molecular complexity index is 1080. The normalized spacial score (nSPS) is 12.0. The minimum atomic E-state index is -0.800. The number of nitrogens with zero attached hydrogens (tertiary/aromatic N) is 1. The number of ether oxygens (including phenoxy) is 7. The van der Waals surface area contributed by atoms with Crippen molar-refractivity contribution in [2.75, 3.05) is 65.9 Å². The van der Waals surface area contributed by atoms with Gasteiger partial charge >= 0.3 is 24.1 Å². The van der Waals surface area contributed by atoms with Crippen molar-refractivity contribution >= 4 is 24.1 Å². The van der Waals surface area contributed by atoms with Crippen LogP contribution in [0.5, 0.6) is 0 Å². The van der Waals surface area contributed by atoms with Gasteiger partial charge in [0.05, 0.1) is 18.9 Å². The Labute approximate surface area is 391 Å². The molecule has 12 nitrogen and oxygen atoms in total. The largest absolute Gasteiger partial charge is 0.508 e. The fourth-order valence-corrected chi connectivity index (χ4v) is 7.08. The highest BCUT2D eigenvalue weighted by atomic mass is 16.7. The monoisotopic (exact) mass is 912 g/mol. The zero-order chi connectivity index (χ0) is 47.0. The van der Waals surface area contributed by atoms with Crippen molar-refractivity contribution in [1.29, 1.82) is 0 Å². The second-order valence-corrected chi connectivity index (χ2v) is 17.2. The van der Waals surface area contributed by atoms with E-state index in [1.807, 2.05) is 6.08 Å². The van der Waals surface area contributed by atoms with Crippen LogP contribution in [0.1, 0.15) is 221 Å². The number of allylic oxidation sites excluding steroid dienone is 1. The minimum absolute atomic E-state index is 0.0511. The fourth-order valence-electron chi connectivity index (χ4n) is 7.08. The molecule has 0 spiro atoms. The lowest BCUT2D eigenvalue weighted by atomic mass is 10.1. The predicted molar refractivity (Wildman–Crippen MR) is 257 cm³/mol. The van der Waals surface area contributed by atoms with Gasteiger partial charge in [0.15, 0.2) is 6.29 Å². The Balaban J connectivity index is 4.77. The molecule has 0 radical (unpaired) electrons. The highest BCUT2D eigenvalue weighted by molar-refractivity contribution is 5.70. The molecule has 0 heterocycles. The van der Waals surface area contributed by atoms with E-state index in [9.17, 15) is 19.2 Å². The van der Waals surface area contributed by atoms with E-state index >= 15 is 0 Å². The molecule has 0 aromatic heterocycles. The van der Waals surface area contributed by atoms with Gasteiger partial charge in [0, 0.05) is 39.0 Å². The predicted octanol–water partition coefficient (Wildman–Crippen LogP) is 13.0. The summed E-state index contributed by atoms with van der Waals surface area (Å²) in [5, 5.41) is 0. The molecule has 0 N–H and O–H groups in total. The maximum atomic E-state index is 13.0. The number of carbonyl (C=O) groups is 4. The molecule has 376 valence electrons. The molecule has 12 heteroatoms. The number of hydrogen-bond acceptors (Lipinski definition) is 12. The van der Waals surface area contributed by atoms with Gasteiger partial charge in [0.1, 0.15) is 26.4 Å². The zero-order valence-electron chi connectivity index (χ0n) is 41.8. The van der Waals surface area contributed by atoms with Gasteiger partial charge in [-0.1, -0.05) is 162 Å². The van der Waals surface area contributed by atoms with Crippen molar-refractivity contribution in [3.63, 3.8) is 0 Å². The summed E-state index contributed by atoms with van der Waals surface area (Å²) >= 11 is 0. The molecule has 1 atom stereocenters. The van der Waals surface area contributed by atoms with Crippen molar-refractivity contribution in [3.8, 4) is 0 Å². The third-order valence-corrected chi connectivity index (χ3v) is 11.3. The summed E-state index contributed by atoms with van der Waals surface area (Å²) in [6.45, 7) is 15.0. The van der Waals surface area contributed by atoms with Crippen molar-refractivity contribution in [2.24, 2.45) is 5.92 Å². The van der Waals surface area contributed by atoms with E-state index in [1.54, 1.807) is 0 Å². The molecule has 0 saturated carbocycles. The van der Waals surface area contributed by atoms with E-state index in [4.69, 9.17) is 33.2 Å². The molecule has 0 amide bonds. The number of esters is 3. The molecular weight excluding hydrogens is 815 g/mol. The molecule has 0 saturated heterocycles. The third kappa shape index (κ3) is 43.2. The quantitative estimate of drug-likeness (QED) is 0.0189. The topological polar surface area (TPSA) is 136 Å². The van der Waals surface area contributed by atoms with Crippen LogP contribution in [0.25, 0.3) is 0 Å². The molecule has 0 aliphatic carbocycles. The number of unbranched alkanes of at least 4 members (excludes halogenated alkanes) is 20. The molecule has 0 aromatic rings. The van der Waals surface area contributed by atoms with Crippen molar-refractivity contribution in [3.05, 3.63) is 12.2 Å². The Hall–Kier alpha value is -2.70. The van der Waals surface area contributed by atoms with Gasteiger partial charge < -0.3 is 38.1 Å². The van der Waals surface area contributed by atoms with E-state index in [-0.39, 0.29) is 51.2 Å². The van der Waals surface area contributed by atoms with Crippen molar-refractivity contribution in [2.45, 2.75) is 227 Å².